The summed E-state index contributed by atoms with van der Waals surface area (Å²) >= 11 is 3.23. The van der Waals surface area contributed by atoms with E-state index >= 15 is 0 Å². The second-order valence-electron chi connectivity index (χ2n) is 4.72. The summed E-state index contributed by atoms with van der Waals surface area (Å²) in [6.07, 6.45) is 3.17. The predicted molar refractivity (Wildman–Crippen MR) is 74.9 cm³/mol. The second kappa shape index (κ2) is 6.14. The molecule has 1 N–H and O–H groups in total. The van der Waals surface area contributed by atoms with Crippen molar-refractivity contribution in [2.75, 3.05) is 6.54 Å². The standard InChI is InChI=1S/C13H15BrN2O3/c14-11-5-4-9(12(8-11)16(18)19)7-10-3-1-2-6-15-13(10)17/h4-5,8,10H,1-3,6-7H2,(H,15,17). The molecule has 1 aromatic rings. The van der Waals surface area contributed by atoms with E-state index in [4.69, 9.17) is 0 Å². The van der Waals surface area contributed by atoms with E-state index in [1.165, 1.54) is 6.07 Å². The van der Waals surface area contributed by atoms with Gasteiger partial charge in [-0.2, -0.15) is 0 Å². The van der Waals surface area contributed by atoms with Crippen LogP contribution in [0.15, 0.2) is 22.7 Å². The molecular formula is C13H15BrN2O3. The van der Waals surface area contributed by atoms with E-state index in [9.17, 15) is 14.9 Å². The van der Waals surface area contributed by atoms with Gasteiger partial charge in [0.1, 0.15) is 0 Å². The van der Waals surface area contributed by atoms with Crippen molar-refractivity contribution in [3.63, 3.8) is 0 Å². The molecule has 102 valence electrons. The van der Waals surface area contributed by atoms with Crippen LogP contribution in [-0.4, -0.2) is 17.4 Å². The van der Waals surface area contributed by atoms with E-state index in [1.807, 2.05) is 0 Å². The number of hydrogen-bond donors (Lipinski definition) is 1. The molecule has 0 saturated carbocycles. The largest absolute Gasteiger partial charge is 0.356 e. The van der Waals surface area contributed by atoms with Crippen LogP contribution in [0.3, 0.4) is 0 Å². The Labute approximate surface area is 119 Å². The highest BCUT2D eigenvalue weighted by Gasteiger charge is 2.24. The molecule has 6 heteroatoms. The number of carbonyl (C=O) groups is 1. The molecule has 0 aliphatic carbocycles. The Balaban J connectivity index is 2.22. The van der Waals surface area contributed by atoms with Crippen LogP contribution < -0.4 is 5.32 Å². The van der Waals surface area contributed by atoms with Crippen molar-refractivity contribution in [3.8, 4) is 0 Å². The van der Waals surface area contributed by atoms with Gasteiger partial charge in [0.25, 0.3) is 5.69 Å². The summed E-state index contributed by atoms with van der Waals surface area (Å²) in [6.45, 7) is 0.706. The average Bonchev–Trinajstić information content (AvgIpc) is 2.57. The third-order valence-electron chi connectivity index (χ3n) is 3.36. The molecule has 1 fully saturated rings. The zero-order chi connectivity index (χ0) is 13.8. The number of rotatable bonds is 3. The number of benzene rings is 1. The first kappa shape index (κ1) is 14.0. The zero-order valence-electron chi connectivity index (χ0n) is 10.4. The first-order valence-electron chi connectivity index (χ1n) is 6.28. The Kier molecular flexibility index (Phi) is 4.52. The van der Waals surface area contributed by atoms with Crippen LogP contribution >= 0.6 is 15.9 Å². The SMILES string of the molecule is O=C1NCCCCC1Cc1ccc(Br)cc1[N+](=O)[O-]. The summed E-state index contributed by atoms with van der Waals surface area (Å²) in [5, 5.41) is 13.9. The average molecular weight is 327 g/mol. The third-order valence-corrected chi connectivity index (χ3v) is 3.85. The lowest BCUT2D eigenvalue weighted by molar-refractivity contribution is -0.385. The summed E-state index contributed by atoms with van der Waals surface area (Å²) < 4.78 is 0.674. The van der Waals surface area contributed by atoms with Gasteiger partial charge in [0, 0.05) is 28.6 Å². The number of amides is 1. The van der Waals surface area contributed by atoms with Gasteiger partial charge in [-0.1, -0.05) is 28.4 Å². The van der Waals surface area contributed by atoms with Gasteiger partial charge < -0.3 is 5.32 Å². The smallest absolute Gasteiger partial charge is 0.273 e. The van der Waals surface area contributed by atoms with Gasteiger partial charge >= 0.3 is 0 Å². The van der Waals surface area contributed by atoms with Crippen molar-refractivity contribution in [2.24, 2.45) is 5.92 Å². The fourth-order valence-corrected chi connectivity index (χ4v) is 2.69. The Hall–Kier alpha value is -1.43. The van der Waals surface area contributed by atoms with Gasteiger partial charge in [0.15, 0.2) is 0 Å². The normalized spacial score (nSPS) is 19.6. The number of hydrogen-bond acceptors (Lipinski definition) is 3. The quantitative estimate of drug-likeness (QED) is 0.685. The number of halogens is 1. The summed E-state index contributed by atoms with van der Waals surface area (Å²) in [5.41, 5.74) is 0.696. The molecule has 0 aromatic heterocycles. The number of nitro groups is 1. The highest BCUT2D eigenvalue weighted by atomic mass is 79.9. The minimum Gasteiger partial charge on any atom is -0.356 e. The van der Waals surface area contributed by atoms with E-state index in [0.717, 1.165) is 19.3 Å². The van der Waals surface area contributed by atoms with E-state index < -0.39 is 4.92 Å². The molecule has 1 unspecified atom stereocenters. The maximum absolute atomic E-state index is 11.9. The van der Waals surface area contributed by atoms with Gasteiger partial charge in [0.05, 0.1) is 4.92 Å². The van der Waals surface area contributed by atoms with Gasteiger partial charge in [-0.05, 0) is 25.3 Å². The number of nitrogens with one attached hydrogen (secondary N) is 1. The summed E-state index contributed by atoms with van der Waals surface area (Å²) in [7, 11) is 0. The molecule has 2 rings (SSSR count). The van der Waals surface area contributed by atoms with Crippen LogP contribution in [0.25, 0.3) is 0 Å². The molecule has 1 heterocycles. The minimum absolute atomic E-state index is 0.00900. The molecule has 0 bridgehead atoms. The molecule has 0 spiro atoms. The Morgan fingerprint density at radius 1 is 1.42 bits per heavy atom. The topological polar surface area (TPSA) is 72.2 Å². The van der Waals surface area contributed by atoms with Crippen LogP contribution in [0.4, 0.5) is 5.69 Å². The monoisotopic (exact) mass is 326 g/mol. The lowest BCUT2D eigenvalue weighted by atomic mass is 9.93. The van der Waals surface area contributed by atoms with Crippen molar-refractivity contribution >= 4 is 27.5 Å². The van der Waals surface area contributed by atoms with Gasteiger partial charge in [0.2, 0.25) is 5.91 Å². The molecule has 1 aliphatic heterocycles. The Bertz CT molecular complexity index is 505. The first-order chi connectivity index (χ1) is 9.08. The van der Waals surface area contributed by atoms with Crippen LogP contribution in [0.5, 0.6) is 0 Å². The molecule has 1 atom stereocenters. The van der Waals surface area contributed by atoms with E-state index in [1.54, 1.807) is 12.1 Å². The van der Waals surface area contributed by atoms with E-state index in [2.05, 4.69) is 21.2 Å². The molecule has 1 aliphatic rings. The maximum Gasteiger partial charge on any atom is 0.273 e. The van der Waals surface area contributed by atoms with Gasteiger partial charge in [-0.3, -0.25) is 14.9 Å². The molecule has 1 saturated heterocycles. The van der Waals surface area contributed by atoms with Gasteiger partial charge in [-0.25, -0.2) is 0 Å². The molecular weight excluding hydrogens is 312 g/mol. The molecule has 1 aromatic carbocycles. The molecule has 1 amide bonds. The lowest BCUT2D eigenvalue weighted by Gasteiger charge is -2.13. The van der Waals surface area contributed by atoms with Crippen molar-refractivity contribution in [1.29, 1.82) is 0 Å². The minimum atomic E-state index is -0.394. The van der Waals surface area contributed by atoms with E-state index in [0.29, 0.717) is 23.0 Å². The fourth-order valence-electron chi connectivity index (χ4n) is 2.34. The molecule has 5 nitrogen and oxygen atoms in total. The number of nitro benzene ring substituents is 1. The summed E-state index contributed by atoms with van der Waals surface area (Å²) in [6, 6.07) is 4.99. The number of nitrogens with zero attached hydrogens (tertiary/aromatic N) is 1. The van der Waals surface area contributed by atoms with Crippen LogP contribution in [0.2, 0.25) is 0 Å². The number of carbonyl (C=O) groups excluding carboxylic acids is 1. The van der Waals surface area contributed by atoms with Crippen molar-refractivity contribution < 1.29 is 9.72 Å². The lowest BCUT2D eigenvalue weighted by Crippen LogP contribution is -2.30. The third kappa shape index (κ3) is 3.53. The summed E-state index contributed by atoms with van der Waals surface area (Å²) in [5.74, 6) is -0.155. The molecule has 19 heavy (non-hydrogen) atoms. The van der Waals surface area contributed by atoms with Crippen molar-refractivity contribution in [2.45, 2.75) is 25.7 Å². The van der Waals surface area contributed by atoms with Crippen molar-refractivity contribution in [1.82, 2.24) is 5.32 Å². The van der Waals surface area contributed by atoms with Crippen LogP contribution in [0.1, 0.15) is 24.8 Å². The Morgan fingerprint density at radius 3 is 2.95 bits per heavy atom. The highest BCUT2D eigenvalue weighted by Crippen LogP contribution is 2.27. The fraction of sp³-hybridized carbons (Fsp3) is 0.462. The maximum atomic E-state index is 11.9. The molecule has 0 radical (unpaired) electrons. The summed E-state index contributed by atoms with van der Waals surface area (Å²) in [4.78, 5) is 22.5. The Morgan fingerprint density at radius 2 is 2.21 bits per heavy atom. The van der Waals surface area contributed by atoms with Crippen molar-refractivity contribution in [3.05, 3.63) is 38.3 Å². The van der Waals surface area contributed by atoms with E-state index in [-0.39, 0.29) is 17.5 Å². The van der Waals surface area contributed by atoms with Crippen LogP contribution in [0, 0.1) is 16.0 Å². The van der Waals surface area contributed by atoms with Crippen LogP contribution in [-0.2, 0) is 11.2 Å². The van der Waals surface area contributed by atoms with Gasteiger partial charge in [-0.15, -0.1) is 0 Å². The first-order valence-corrected chi connectivity index (χ1v) is 7.08. The second-order valence-corrected chi connectivity index (χ2v) is 5.63. The highest BCUT2D eigenvalue weighted by molar-refractivity contribution is 9.10. The predicted octanol–water partition coefficient (Wildman–Crippen LogP) is 2.82. The zero-order valence-corrected chi connectivity index (χ0v) is 12.0.